The summed E-state index contributed by atoms with van der Waals surface area (Å²) < 4.78 is 7.57. The Labute approximate surface area is 213 Å². The van der Waals surface area contributed by atoms with Crippen molar-refractivity contribution in [2.75, 3.05) is 5.32 Å². The molecule has 0 bridgehead atoms. The number of carbonyl (C=O) groups excluding carboxylic acids is 1. The highest BCUT2D eigenvalue weighted by molar-refractivity contribution is 6.42. The van der Waals surface area contributed by atoms with Gasteiger partial charge in [0.05, 0.1) is 16.6 Å². The molecule has 8 heteroatoms. The Bertz CT molecular complexity index is 1350. The van der Waals surface area contributed by atoms with Gasteiger partial charge < -0.3 is 10.1 Å². The molecule has 0 atom stereocenters. The molecule has 34 heavy (non-hydrogen) atoms. The van der Waals surface area contributed by atoms with Crippen LogP contribution in [0.5, 0.6) is 5.75 Å². The number of nitrogens with zero attached hydrogens (tertiary/aromatic N) is 2. The van der Waals surface area contributed by atoms with Crippen molar-refractivity contribution < 1.29 is 9.53 Å². The average molecular weight is 515 g/mol. The Morgan fingerprint density at radius 1 is 0.941 bits per heavy atom. The molecule has 0 unspecified atom stereocenters. The molecule has 1 amide bonds. The normalized spacial score (nSPS) is 10.9. The molecular formula is C26H22Cl3N3O2. The Morgan fingerprint density at radius 3 is 2.53 bits per heavy atom. The SMILES string of the molecule is Cc1ccc(OCc2cccc(C(=O)Nc3nn(Cc4ccc(Cl)c(Cl)c4)cc3Cl)c2)c(C)c1. The van der Waals surface area contributed by atoms with Crippen LogP contribution in [0, 0.1) is 13.8 Å². The monoisotopic (exact) mass is 513 g/mol. The summed E-state index contributed by atoms with van der Waals surface area (Å²) in [5.74, 6) is 0.790. The Hall–Kier alpha value is -2.99. The second-order valence-corrected chi connectivity index (χ2v) is 9.21. The summed E-state index contributed by atoms with van der Waals surface area (Å²) in [7, 11) is 0. The maximum absolute atomic E-state index is 12.8. The van der Waals surface area contributed by atoms with Gasteiger partial charge >= 0.3 is 0 Å². The fourth-order valence-electron chi connectivity index (χ4n) is 3.49. The molecule has 0 radical (unpaired) electrons. The lowest BCUT2D eigenvalue weighted by Gasteiger charge is -2.11. The van der Waals surface area contributed by atoms with Crippen LogP contribution in [0.1, 0.15) is 32.6 Å². The van der Waals surface area contributed by atoms with Gasteiger partial charge in [-0.1, -0.05) is 70.7 Å². The molecule has 4 rings (SSSR count). The van der Waals surface area contributed by atoms with Crippen LogP contribution in [0.25, 0.3) is 0 Å². The third-order valence-corrected chi connectivity index (χ3v) is 6.21. The topological polar surface area (TPSA) is 56.1 Å². The number of aryl methyl sites for hydroxylation is 2. The van der Waals surface area contributed by atoms with E-state index in [0.717, 1.165) is 22.4 Å². The molecule has 0 aliphatic heterocycles. The average Bonchev–Trinajstić information content (AvgIpc) is 3.14. The number of aromatic nitrogens is 2. The number of amides is 1. The first-order valence-electron chi connectivity index (χ1n) is 10.6. The summed E-state index contributed by atoms with van der Waals surface area (Å²) in [6.45, 7) is 4.83. The largest absolute Gasteiger partial charge is 0.489 e. The van der Waals surface area contributed by atoms with Gasteiger partial charge in [0.1, 0.15) is 17.4 Å². The second kappa shape index (κ2) is 10.5. The summed E-state index contributed by atoms with van der Waals surface area (Å²) in [4.78, 5) is 12.8. The summed E-state index contributed by atoms with van der Waals surface area (Å²) >= 11 is 18.4. The zero-order valence-corrected chi connectivity index (χ0v) is 20.9. The van der Waals surface area contributed by atoms with Crippen molar-refractivity contribution in [2.24, 2.45) is 0 Å². The standard InChI is InChI=1S/C26H22Cl3N3O2/c1-16-6-9-24(17(2)10-16)34-15-19-4-3-5-20(11-19)26(33)30-25-23(29)14-32(31-25)13-18-7-8-21(27)22(28)12-18/h3-12,14H,13,15H2,1-2H3,(H,30,31,33). The van der Waals surface area contributed by atoms with Crippen LogP contribution >= 0.6 is 34.8 Å². The highest BCUT2D eigenvalue weighted by Crippen LogP contribution is 2.25. The number of halogens is 3. The van der Waals surface area contributed by atoms with E-state index in [1.807, 2.05) is 44.2 Å². The van der Waals surface area contributed by atoms with E-state index in [0.29, 0.717) is 33.8 Å². The predicted molar refractivity (Wildman–Crippen MR) is 137 cm³/mol. The number of hydrogen-bond acceptors (Lipinski definition) is 3. The minimum Gasteiger partial charge on any atom is -0.489 e. The van der Waals surface area contributed by atoms with Gasteiger partial charge in [0.2, 0.25) is 0 Å². The molecule has 5 nitrogen and oxygen atoms in total. The first-order valence-corrected chi connectivity index (χ1v) is 11.7. The quantitative estimate of drug-likeness (QED) is 0.281. The number of nitrogens with one attached hydrogen (secondary N) is 1. The molecule has 3 aromatic carbocycles. The zero-order valence-electron chi connectivity index (χ0n) is 18.6. The number of hydrogen-bond donors (Lipinski definition) is 1. The number of rotatable bonds is 7. The Morgan fingerprint density at radius 2 is 1.76 bits per heavy atom. The highest BCUT2D eigenvalue weighted by atomic mass is 35.5. The first kappa shape index (κ1) is 24.1. The fraction of sp³-hybridized carbons (Fsp3) is 0.154. The lowest BCUT2D eigenvalue weighted by Crippen LogP contribution is -2.13. The van der Waals surface area contributed by atoms with Crippen molar-refractivity contribution in [3.63, 3.8) is 0 Å². The fourth-order valence-corrected chi connectivity index (χ4v) is 4.01. The number of anilines is 1. The van der Waals surface area contributed by atoms with Crippen LogP contribution in [-0.2, 0) is 13.2 Å². The molecule has 0 saturated heterocycles. The van der Waals surface area contributed by atoms with Crippen molar-refractivity contribution in [1.29, 1.82) is 0 Å². The maximum Gasteiger partial charge on any atom is 0.256 e. The molecule has 1 heterocycles. The third-order valence-electron chi connectivity index (χ3n) is 5.19. The van der Waals surface area contributed by atoms with E-state index in [9.17, 15) is 4.79 Å². The minimum atomic E-state index is -0.310. The third kappa shape index (κ3) is 5.92. The van der Waals surface area contributed by atoms with Crippen LogP contribution in [0.2, 0.25) is 15.1 Å². The zero-order chi connectivity index (χ0) is 24.2. The molecule has 0 fully saturated rings. The van der Waals surface area contributed by atoms with Crippen molar-refractivity contribution in [3.8, 4) is 5.75 Å². The molecule has 0 saturated carbocycles. The lowest BCUT2D eigenvalue weighted by molar-refractivity contribution is 0.102. The number of carbonyl (C=O) groups is 1. The van der Waals surface area contributed by atoms with Crippen molar-refractivity contribution in [1.82, 2.24) is 9.78 Å². The van der Waals surface area contributed by atoms with E-state index >= 15 is 0 Å². The van der Waals surface area contributed by atoms with Crippen LogP contribution in [0.4, 0.5) is 5.82 Å². The Kier molecular flexibility index (Phi) is 7.47. The smallest absolute Gasteiger partial charge is 0.256 e. The summed E-state index contributed by atoms with van der Waals surface area (Å²) in [6, 6.07) is 18.6. The van der Waals surface area contributed by atoms with E-state index in [1.165, 1.54) is 5.56 Å². The van der Waals surface area contributed by atoms with Crippen LogP contribution in [0.3, 0.4) is 0 Å². The van der Waals surface area contributed by atoms with Crippen molar-refractivity contribution >= 4 is 46.5 Å². The van der Waals surface area contributed by atoms with E-state index in [2.05, 4.69) is 16.5 Å². The molecule has 4 aromatic rings. The molecule has 0 spiro atoms. The second-order valence-electron chi connectivity index (χ2n) is 7.98. The molecule has 1 aromatic heterocycles. The number of benzene rings is 3. The predicted octanol–water partition coefficient (Wildman–Crippen LogP) is 7.34. The van der Waals surface area contributed by atoms with Gasteiger partial charge in [0.15, 0.2) is 5.82 Å². The van der Waals surface area contributed by atoms with Gasteiger partial charge in [-0.05, 0) is 60.9 Å². The summed E-state index contributed by atoms with van der Waals surface area (Å²) in [5, 5.41) is 8.45. The molecule has 174 valence electrons. The van der Waals surface area contributed by atoms with Gasteiger partial charge in [-0.25, -0.2) is 0 Å². The number of ether oxygens (including phenoxy) is 1. The molecule has 1 N–H and O–H groups in total. The Balaban J connectivity index is 1.42. The lowest BCUT2D eigenvalue weighted by atomic mass is 10.1. The van der Waals surface area contributed by atoms with Gasteiger partial charge in [0, 0.05) is 11.8 Å². The maximum atomic E-state index is 12.8. The van der Waals surface area contributed by atoms with E-state index in [1.54, 1.807) is 35.1 Å². The van der Waals surface area contributed by atoms with Gasteiger partial charge in [-0.2, -0.15) is 5.10 Å². The van der Waals surface area contributed by atoms with E-state index in [-0.39, 0.29) is 11.7 Å². The van der Waals surface area contributed by atoms with Crippen LogP contribution in [0.15, 0.2) is 66.9 Å². The van der Waals surface area contributed by atoms with Gasteiger partial charge in [-0.3, -0.25) is 9.48 Å². The molecule has 0 aliphatic rings. The van der Waals surface area contributed by atoms with Crippen molar-refractivity contribution in [3.05, 3.63) is 110 Å². The van der Waals surface area contributed by atoms with Crippen LogP contribution < -0.4 is 10.1 Å². The first-order chi connectivity index (χ1) is 16.3. The minimum absolute atomic E-state index is 0.281. The van der Waals surface area contributed by atoms with Gasteiger partial charge in [-0.15, -0.1) is 0 Å². The summed E-state index contributed by atoms with van der Waals surface area (Å²) in [5.41, 5.74) is 4.52. The summed E-state index contributed by atoms with van der Waals surface area (Å²) in [6.07, 6.45) is 1.65. The highest BCUT2D eigenvalue weighted by Gasteiger charge is 2.14. The van der Waals surface area contributed by atoms with Crippen LogP contribution in [-0.4, -0.2) is 15.7 Å². The van der Waals surface area contributed by atoms with E-state index in [4.69, 9.17) is 39.5 Å². The van der Waals surface area contributed by atoms with Gasteiger partial charge in [0.25, 0.3) is 5.91 Å². The molecular weight excluding hydrogens is 493 g/mol. The van der Waals surface area contributed by atoms with Crippen molar-refractivity contribution in [2.45, 2.75) is 27.0 Å². The molecule has 0 aliphatic carbocycles. The van der Waals surface area contributed by atoms with E-state index < -0.39 is 0 Å².